The molecule has 3 aromatic rings. The molecule has 5 nitrogen and oxygen atoms in total. The lowest BCUT2D eigenvalue weighted by Crippen LogP contribution is -2.52. The summed E-state index contributed by atoms with van der Waals surface area (Å²) in [4.78, 5) is 27.1. The highest BCUT2D eigenvalue weighted by atomic mass is 35.5. The van der Waals surface area contributed by atoms with E-state index in [4.69, 9.17) is 16.6 Å². The average Bonchev–Trinajstić information content (AvgIpc) is 3.29. The van der Waals surface area contributed by atoms with Crippen molar-refractivity contribution in [3.05, 3.63) is 98.8 Å². The summed E-state index contributed by atoms with van der Waals surface area (Å²) in [6, 6.07) is 17.1. The Bertz CT molecular complexity index is 1350. The number of halogens is 1. The average molecular weight is 499 g/mol. The van der Waals surface area contributed by atoms with E-state index in [-0.39, 0.29) is 11.9 Å². The highest BCUT2D eigenvalue weighted by Gasteiger charge is 2.33. The van der Waals surface area contributed by atoms with Gasteiger partial charge in [-0.15, -0.1) is 0 Å². The topological polar surface area (TPSA) is 48.8 Å². The lowest BCUT2D eigenvalue weighted by atomic mass is 9.90. The molecule has 1 aromatic heterocycles. The Balaban J connectivity index is 1.18. The Hall–Kier alpha value is -3.02. The van der Waals surface area contributed by atoms with Crippen molar-refractivity contribution in [2.45, 2.75) is 51.7 Å². The predicted molar refractivity (Wildman–Crippen MR) is 144 cm³/mol. The second-order valence-corrected chi connectivity index (χ2v) is 10.7. The number of fused-ring (bicyclic) bond motifs is 2. The fraction of sp³-hybridized carbons (Fsp3) is 0.367. The van der Waals surface area contributed by atoms with Gasteiger partial charge in [-0.3, -0.25) is 14.8 Å². The molecule has 0 aliphatic carbocycles. The zero-order valence-corrected chi connectivity index (χ0v) is 21.5. The van der Waals surface area contributed by atoms with E-state index in [1.165, 1.54) is 27.8 Å². The van der Waals surface area contributed by atoms with Gasteiger partial charge in [-0.1, -0.05) is 29.8 Å². The number of hydrogen-bond donors (Lipinski definition) is 0. The van der Waals surface area contributed by atoms with Gasteiger partial charge < -0.3 is 9.80 Å². The molecule has 0 unspecified atom stereocenters. The molecule has 4 heterocycles. The number of aromatic nitrogens is 1. The number of rotatable bonds is 5. The Labute approximate surface area is 217 Å². The first-order valence-corrected chi connectivity index (χ1v) is 13.3. The van der Waals surface area contributed by atoms with Gasteiger partial charge in [0.1, 0.15) is 0 Å². The number of carbonyl (C=O) groups excluding carboxylic acids is 1. The van der Waals surface area contributed by atoms with E-state index >= 15 is 0 Å². The molecule has 1 fully saturated rings. The van der Waals surface area contributed by atoms with Crippen LogP contribution in [0.2, 0.25) is 5.02 Å². The Morgan fingerprint density at radius 1 is 1.08 bits per heavy atom. The van der Waals surface area contributed by atoms with E-state index in [1.807, 2.05) is 31.3 Å². The van der Waals surface area contributed by atoms with E-state index in [1.54, 1.807) is 0 Å². The number of likely N-dealkylation sites (tertiary alicyclic amines) is 1. The smallest absolute Gasteiger partial charge is 0.227 e. The van der Waals surface area contributed by atoms with Gasteiger partial charge >= 0.3 is 0 Å². The van der Waals surface area contributed by atoms with E-state index in [0.29, 0.717) is 19.5 Å². The number of nitrogens with zero attached hydrogens (tertiary/aromatic N) is 4. The SMILES string of the molecule is Cc1cc(C2=NCc3cc4c(cc32)CN([C@@H]2CCCN(CCc3cccc(Cl)c3)C2)C(=O)C4)ccn1. The van der Waals surface area contributed by atoms with Crippen LogP contribution >= 0.6 is 11.6 Å². The van der Waals surface area contributed by atoms with Crippen LogP contribution in [0.4, 0.5) is 0 Å². The van der Waals surface area contributed by atoms with Gasteiger partial charge in [-0.05, 0) is 85.3 Å². The monoisotopic (exact) mass is 498 g/mol. The molecule has 6 heteroatoms. The third kappa shape index (κ3) is 4.70. The molecule has 0 radical (unpaired) electrons. The van der Waals surface area contributed by atoms with Gasteiger partial charge in [-0.2, -0.15) is 0 Å². The fourth-order valence-corrected chi connectivity index (χ4v) is 6.14. The molecule has 3 aliphatic rings. The highest BCUT2D eigenvalue weighted by Crippen LogP contribution is 2.32. The number of benzene rings is 2. The Morgan fingerprint density at radius 3 is 2.86 bits per heavy atom. The van der Waals surface area contributed by atoms with Gasteiger partial charge in [0.15, 0.2) is 0 Å². The van der Waals surface area contributed by atoms with Crippen LogP contribution in [0.15, 0.2) is 59.7 Å². The van der Waals surface area contributed by atoms with Crippen molar-refractivity contribution in [3.8, 4) is 0 Å². The number of amides is 1. The van der Waals surface area contributed by atoms with E-state index < -0.39 is 0 Å². The number of aliphatic imine (C=N–C) groups is 1. The van der Waals surface area contributed by atoms with Gasteiger partial charge in [0.05, 0.1) is 18.7 Å². The molecule has 0 spiro atoms. The van der Waals surface area contributed by atoms with Crippen molar-refractivity contribution in [3.63, 3.8) is 0 Å². The van der Waals surface area contributed by atoms with E-state index in [2.05, 4.69) is 45.1 Å². The van der Waals surface area contributed by atoms with Crippen LogP contribution in [0.3, 0.4) is 0 Å². The second kappa shape index (κ2) is 9.79. The molecule has 3 aliphatic heterocycles. The molecular formula is C30H31ClN4O. The number of hydrogen-bond acceptors (Lipinski definition) is 4. The highest BCUT2D eigenvalue weighted by molar-refractivity contribution is 6.30. The molecule has 1 saturated heterocycles. The first-order valence-electron chi connectivity index (χ1n) is 12.9. The van der Waals surface area contributed by atoms with Crippen LogP contribution in [-0.4, -0.2) is 52.1 Å². The third-order valence-electron chi connectivity index (χ3n) is 7.79. The molecule has 1 amide bonds. The molecule has 0 N–H and O–H groups in total. The van der Waals surface area contributed by atoms with Crippen LogP contribution < -0.4 is 0 Å². The van der Waals surface area contributed by atoms with Crippen LogP contribution in [0.1, 0.15) is 51.9 Å². The van der Waals surface area contributed by atoms with Crippen LogP contribution in [0, 0.1) is 6.92 Å². The summed E-state index contributed by atoms with van der Waals surface area (Å²) in [5.74, 6) is 0.257. The van der Waals surface area contributed by atoms with E-state index in [9.17, 15) is 4.79 Å². The minimum absolute atomic E-state index is 0.257. The summed E-state index contributed by atoms with van der Waals surface area (Å²) in [5.41, 5.74) is 9.30. The van der Waals surface area contributed by atoms with Crippen molar-refractivity contribution in [1.82, 2.24) is 14.8 Å². The second-order valence-electron chi connectivity index (χ2n) is 10.3. The van der Waals surface area contributed by atoms with Crippen molar-refractivity contribution in [2.24, 2.45) is 4.99 Å². The van der Waals surface area contributed by atoms with Crippen LogP contribution in [-0.2, 0) is 30.7 Å². The fourth-order valence-electron chi connectivity index (χ4n) is 5.93. The van der Waals surface area contributed by atoms with Gasteiger partial charge in [0.2, 0.25) is 5.91 Å². The molecule has 36 heavy (non-hydrogen) atoms. The normalized spacial score (nSPS) is 19.7. The standard InChI is InChI=1S/C30H31ClN4O/c1-20-12-22(7-9-32-20)30-28-15-25-18-35(29(36)16-23(25)14-24(28)17-33-30)27-6-3-10-34(19-27)11-8-21-4-2-5-26(31)13-21/h2,4-5,7,9,12-15,27H,3,6,8,10-11,16-19H2,1H3/t27-/m1/s1. The maximum atomic E-state index is 13.3. The van der Waals surface area contributed by atoms with Crippen molar-refractivity contribution < 1.29 is 4.79 Å². The largest absolute Gasteiger partial charge is 0.334 e. The molecular weight excluding hydrogens is 468 g/mol. The summed E-state index contributed by atoms with van der Waals surface area (Å²) in [7, 11) is 0. The lowest BCUT2D eigenvalue weighted by Gasteiger charge is -2.41. The maximum Gasteiger partial charge on any atom is 0.227 e. The summed E-state index contributed by atoms with van der Waals surface area (Å²) < 4.78 is 0. The summed E-state index contributed by atoms with van der Waals surface area (Å²) in [5, 5.41) is 0.792. The summed E-state index contributed by atoms with van der Waals surface area (Å²) >= 11 is 6.17. The van der Waals surface area contributed by atoms with Crippen LogP contribution in [0.5, 0.6) is 0 Å². The Morgan fingerprint density at radius 2 is 2.00 bits per heavy atom. The van der Waals surface area contributed by atoms with Gasteiger partial charge in [0.25, 0.3) is 0 Å². The molecule has 184 valence electrons. The molecule has 0 saturated carbocycles. The maximum absolute atomic E-state index is 13.3. The van der Waals surface area contributed by atoms with E-state index in [0.717, 1.165) is 60.9 Å². The third-order valence-corrected chi connectivity index (χ3v) is 8.02. The van der Waals surface area contributed by atoms with Gasteiger partial charge in [0, 0.05) is 53.7 Å². The molecule has 1 atom stereocenters. The summed E-state index contributed by atoms with van der Waals surface area (Å²) in [6.45, 7) is 6.41. The number of aryl methyl sites for hydroxylation is 1. The zero-order valence-electron chi connectivity index (χ0n) is 20.7. The zero-order chi connectivity index (χ0) is 24.6. The Kier molecular flexibility index (Phi) is 6.36. The molecule has 0 bridgehead atoms. The summed E-state index contributed by atoms with van der Waals surface area (Å²) in [6.07, 6.45) is 5.52. The quantitative estimate of drug-likeness (QED) is 0.498. The van der Waals surface area contributed by atoms with Crippen molar-refractivity contribution in [2.75, 3.05) is 19.6 Å². The number of pyridine rings is 1. The first kappa shape index (κ1) is 23.4. The van der Waals surface area contributed by atoms with Crippen molar-refractivity contribution >= 4 is 23.2 Å². The van der Waals surface area contributed by atoms with Crippen molar-refractivity contribution in [1.29, 1.82) is 0 Å². The predicted octanol–water partition coefficient (Wildman–Crippen LogP) is 4.99. The van der Waals surface area contributed by atoms with Crippen LogP contribution in [0.25, 0.3) is 0 Å². The number of piperidine rings is 1. The molecule has 6 rings (SSSR count). The minimum Gasteiger partial charge on any atom is -0.334 e. The van der Waals surface area contributed by atoms with Gasteiger partial charge in [-0.25, -0.2) is 0 Å². The lowest BCUT2D eigenvalue weighted by molar-refractivity contribution is -0.135. The molecule has 2 aromatic carbocycles. The minimum atomic E-state index is 0.257. The first-order chi connectivity index (χ1) is 17.5. The number of carbonyl (C=O) groups is 1.